The normalized spacial score (nSPS) is 23.1. The monoisotopic (exact) mass is 1160 g/mol. The lowest BCUT2D eigenvalue weighted by atomic mass is 9.83. The molecule has 6 amide bonds. The molecule has 7 atom stereocenters. The van der Waals surface area contributed by atoms with Gasteiger partial charge in [0.15, 0.2) is 5.72 Å². The van der Waals surface area contributed by atoms with Crippen LogP contribution >= 0.6 is 11.6 Å². The summed E-state index contributed by atoms with van der Waals surface area (Å²) in [5.74, 6) is -3.19. The number of carbonyl (C=O) groups is 7. The SMILES string of the molecule is COc1cc2cc(c1Cl)N(C)C(=O)C[C@H](OC(=O)[C@H](C)N(C)C(=O)CCOCCn1cc(COCCOCCOCCOCCNC(=O)CCN3C(=O)C=CC3=O)nn1)[C@@H](C)C[C@H](C)[C@@H]1C[C@@](O)(NC(=O)O1)C(OC)/C=C/C=C(\C)C2. The second kappa shape index (κ2) is 33.0. The zero-order valence-corrected chi connectivity index (χ0v) is 48.3. The number of aromatic nitrogens is 3. The number of imide groups is 1. The van der Waals surface area contributed by atoms with Crippen molar-refractivity contribution in [3.05, 3.63) is 70.6 Å². The molecule has 1 aromatic heterocycles. The number of hydrogen-bond donors (Lipinski definition) is 3. The molecule has 5 rings (SSSR count). The van der Waals surface area contributed by atoms with Crippen LogP contribution in [-0.4, -0.2) is 202 Å². The number of amides is 6. The van der Waals surface area contributed by atoms with E-state index in [4.69, 9.17) is 54.2 Å². The van der Waals surface area contributed by atoms with Crippen LogP contribution in [0.15, 0.2) is 54.3 Å². The smallest absolute Gasteiger partial charge is 0.409 e. The quantitative estimate of drug-likeness (QED) is 0.0627. The minimum atomic E-state index is -1.82. The first kappa shape index (κ1) is 65.5. The van der Waals surface area contributed by atoms with Crippen molar-refractivity contribution in [1.29, 1.82) is 0 Å². The van der Waals surface area contributed by atoms with Crippen molar-refractivity contribution in [2.75, 3.05) is 106 Å². The Kier molecular flexibility index (Phi) is 26.6. The number of nitrogens with zero attached hydrogens (tertiary/aromatic N) is 6. The fourth-order valence-electron chi connectivity index (χ4n) is 8.99. The van der Waals surface area contributed by atoms with Gasteiger partial charge in [-0.3, -0.25) is 34.2 Å². The maximum absolute atomic E-state index is 14.2. The minimum absolute atomic E-state index is 0.0168. The average Bonchev–Trinajstić information content (AvgIpc) is 4.11. The van der Waals surface area contributed by atoms with Crippen molar-refractivity contribution < 1.29 is 81.3 Å². The standard InChI is InChI=1S/C55H79ClN8O17/c1-36-10-9-11-46(74-8)55(72)33-45(81-54(71)58-55)38(3)29-37(2)43(32-51(69)62(6)42-30-40(28-36)31-44(73-7)52(42)56)80-53(70)39(4)61(5)48(66)15-19-75-21-18-63-34-41(59-60-63)35-79-27-26-78-25-24-77-23-22-76-20-16-57-47(65)14-17-64-49(67)12-13-50(64)68/h9-13,30-31,34,37-39,43,45-46,72H,14-29,32-33,35H2,1-8H3,(H,57,65)(H,58,71)/b11-9+,36-10+/t37-,38-,39-,43-,45-,46?,55-/m0/s1. The van der Waals surface area contributed by atoms with E-state index in [1.54, 1.807) is 42.2 Å². The van der Waals surface area contributed by atoms with Crippen LogP contribution in [0.2, 0.25) is 5.02 Å². The molecule has 3 N–H and O–H groups in total. The van der Waals surface area contributed by atoms with Crippen molar-refractivity contribution in [2.24, 2.45) is 11.8 Å². The highest BCUT2D eigenvalue weighted by molar-refractivity contribution is 6.35. The number of benzene rings is 1. The number of methoxy groups -OCH3 is 2. The molecule has 0 saturated carbocycles. The number of aliphatic hydroxyl groups is 1. The predicted octanol–water partition coefficient (Wildman–Crippen LogP) is 3.08. The van der Waals surface area contributed by atoms with E-state index in [1.807, 2.05) is 26.8 Å². The minimum Gasteiger partial charge on any atom is -0.495 e. The van der Waals surface area contributed by atoms with E-state index in [-0.39, 0.29) is 82.0 Å². The van der Waals surface area contributed by atoms with Crippen LogP contribution in [-0.2, 0) is 86.2 Å². The van der Waals surface area contributed by atoms with Gasteiger partial charge >= 0.3 is 12.1 Å². The first-order valence-electron chi connectivity index (χ1n) is 27.0. The highest BCUT2D eigenvalue weighted by atomic mass is 35.5. The third kappa shape index (κ3) is 20.6. The molecule has 3 aliphatic heterocycles. The lowest BCUT2D eigenvalue weighted by Gasteiger charge is -2.42. The first-order chi connectivity index (χ1) is 38.7. The van der Waals surface area contributed by atoms with Crippen LogP contribution in [0, 0.1) is 11.8 Å². The summed E-state index contributed by atoms with van der Waals surface area (Å²) in [7, 11) is 5.99. The van der Waals surface area contributed by atoms with Gasteiger partial charge < -0.3 is 62.9 Å². The third-order valence-electron chi connectivity index (χ3n) is 13.9. The van der Waals surface area contributed by atoms with Gasteiger partial charge in [0.25, 0.3) is 11.8 Å². The Morgan fingerprint density at radius 2 is 1.59 bits per heavy atom. The summed E-state index contributed by atoms with van der Waals surface area (Å²) in [6, 6.07) is 2.53. The molecule has 1 fully saturated rings. The average molecular weight is 1160 g/mol. The molecule has 1 aromatic carbocycles. The lowest BCUT2D eigenvalue weighted by molar-refractivity contribution is -0.162. The maximum Gasteiger partial charge on any atom is 0.409 e. The second-order valence-electron chi connectivity index (χ2n) is 20.0. The zero-order valence-electron chi connectivity index (χ0n) is 47.6. The van der Waals surface area contributed by atoms with Gasteiger partial charge in [0.2, 0.25) is 17.7 Å². The molecular formula is C55H79ClN8O17. The number of anilines is 1. The summed E-state index contributed by atoms with van der Waals surface area (Å²) < 4.78 is 52.5. The molecular weight excluding hydrogens is 1080 g/mol. The van der Waals surface area contributed by atoms with Gasteiger partial charge in [0.05, 0.1) is 104 Å². The summed E-state index contributed by atoms with van der Waals surface area (Å²) >= 11 is 6.81. The van der Waals surface area contributed by atoms with E-state index in [9.17, 15) is 38.7 Å². The van der Waals surface area contributed by atoms with Crippen LogP contribution in [0.1, 0.15) is 71.1 Å². The molecule has 4 bridgehead atoms. The summed E-state index contributed by atoms with van der Waals surface area (Å²) in [6.07, 6.45) is 6.22. The van der Waals surface area contributed by atoms with Gasteiger partial charge in [-0.05, 0) is 56.2 Å². The summed E-state index contributed by atoms with van der Waals surface area (Å²) in [5.41, 5.74) is 0.886. The fraction of sp³-hybridized carbons (Fsp3) is 0.618. The van der Waals surface area contributed by atoms with Crippen LogP contribution in [0.25, 0.3) is 0 Å². The molecule has 4 heterocycles. The van der Waals surface area contributed by atoms with E-state index in [0.29, 0.717) is 76.2 Å². The predicted molar refractivity (Wildman–Crippen MR) is 293 cm³/mol. The molecule has 26 heteroatoms. The van der Waals surface area contributed by atoms with Gasteiger partial charge in [-0.2, -0.15) is 0 Å². The molecule has 2 aromatic rings. The van der Waals surface area contributed by atoms with E-state index < -0.39 is 71.7 Å². The molecule has 0 aliphatic carbocycles. The Morgan fingerprint density at radius 3 is 2.27 bits per heavy atom. The summed E-state index contributed by atoms with van der Waals surface area (Å²) in [5, 5.41) is 25.4. The van der Waals surface area contributed by atoms with E-state index in [0.717, 1.165) is 16.0 Å². The van der Waals surface area contributed by atoms with Crippen molar-refractivity contribution in [3.63, 3.8) is 0 Å². The van der Waals surface area contributed by atoms with Gasteiger partial charge in [-0.15, -0.1) is 5.10 Å². The molecule has 1 unspecified atom stereocenters. The lowest BCUT2D eigenvalue weighted by Crippen LogP contribution is -2.63. The molecule has 3 aliphatic rings. The van der Waals surface area contributed by atoms with Crippen LogP contribution < -0.4 is 20.3 Å². The molecule has 448 valence electrons. The van der Waals surface area contributed by atoms with E-state index >= 15 is 0 Å². The van der Waals surface area contributed by atoms with Crippen LogP contribution in [0.5, 0.6) is 5.75 Å². The molecule has 81 heavy (non-hydrogen) atoms. The van der Waals surface area contributed by atoms with Crippen LogP contribution in [0.3, 0.4) is 0 Å². The number of halogens is 1. The molecule has 0 radical (unpaired) electrons. The Bertz CT molecular complexity index is 2530. The number of allylic oxidation sites excluding steroid dienone is 3. The number of rotatable bonds is 28. The number of nitrogens with one attached hydrogen (secondary N) is 2. The van der Waals surface area contributed by atoms with E-state index in [2.05, 4.69) is 20.9 Å². The Hall–Kier alpha value is -6.32. The number of likely N-dealkylation sites (N-methyl/N-ethyl adjacent to an activating group) is 1. The maximum atomic E-state index is 14.2. The van der Waals surface area contributed by atoms with Gasteiger partial charge in [-0.25, -0.2) is 14.3 Å². The van der Waals surface area contributed by atoms with Crippen LogP contribution in [0.4, 0.5) is 10.5 Å². The highest BCUT2D eigenvalue weighted by Crippen LogP contribution is 2.38. The number of ether oxygens (including phenoxy) is 9. The number of carbonyl (C=O) groups excluding carboxylic acids is 7. The Labute approximate surface area is 477 Å². The first-order valence-corrected chi connectivity index (χ1v) is 27.4. The summed E-state index contributed by atoms with van der Waals surface area (Å²) in [6.45, 7) is 10.6. The molecule has 0 spiro atoms. The number of hydrogen-bond acceptors (Lipinski definition) is 19. The van der Waals surface area contributed by atoms with E-state index in [1.165, 1.54) is 50.1 Å². The molecule has 1 saturated heterocycles. The van der Waals surface area contributed by atoms with Crippen molar-refractivity contribution >= 4 is 58.9 Å². The second-order valence-corrected chi connectivity index (χ2v) is 20.4. The topological polar surface area (TPSA) is 287 Å². The largest absolute Gasteiger partial charge is 0.495 e. The fourth-order valence-corrected chi connectivity index (χ4v) is 9.30. The molecule has 25 nitrogen and oxygen atoms in total. The van der Waals surface area contributed by atoms with Crippen molar-refractivity contribution in [2.45, 2.75) is 109 Å². The number of alkyl carbamates (subject to hydrolysis) is 1. The van der Waals surface area contributed by atoms with Crippen molar-refractivity contribution in [3.8, 4) is 5.75 Å². The van der Waals surface area contributed by atoms with Gasteiger partial charge in [0.1, 0.15) is 40.8 Å². The van der Waals surface area contributed by atoms with Gasteiger partial charge in [0, 0.05) is 59.3 Å². The highest BCUT2D eigenvalue weighted by Gasteiger charge is 2.47. The third-order valence-corrected chi connectivity index (χ3v) is 14.3. The Morgan fingerprint density at radius 1 is 0.926 bits per heavy atom. The zero-order chi connectivity index (χ0) is 59.1. The number of fused-ring (bicyclic) bond motifs is 4. The van der Waals surface area contributed by atoms with Crippen molar-refractivity contribution in [1.82, 2.24) is 35.4 Å². The van der Waals surface area contributed by atoms with Gasteiger partial charge in [-0.1, -0.05) is 54.5 Å². The summed E-state index contributed by atoms with van der Waals surface area (Å²) in [4.78, 5) is 93.2. The number of esters is 1. The Balaban J connectivity index is 1.01.